The minimum absolute atomic E-state index is 0.0226. The molecule has 9 heteroatoms. The Balaban J connectivity index is 1.41. The molecule has 2 aliphatic heterocycles. The molecule has 0 unspecified atom stereocenters. The van der Waals surface area contributed by atoms with E-state index in [1.54, 1.807) is 48.5 Å². The Labute approximate surface area is 200 Å². The number of piperidine rings is 1. The van der Waals surface area contributed by atoms with Gasteiger partial charge in [-0.3, -0.25) is 9.59 Å². The second-order valence-electron chi connectivity index (χ2n) is 8.90. The molecule has 2 aromatic rings. The maximum atomic E-state index is 13.1. The summed E-state index contributed by atoms with van der Waals surface area (Å²) >= 11 is 0. The third kappa shape index (κ3) is 5.65. The fourth-order valence-corrected chi connectivity index (χ4v) is 5.89. The summed E-state index contributed by atoms with van der Waals surface area (Å²) in [6, 6.07) is 13.6. The van der Waals surface area contributed by atoms with Gasteiger partial charge in [0, 0.05) is 26.2 Å². The van der Waals surface area contributed by atoms with Crippen LogP contribution in [0.1, 0.15) is 41.6 Å². The van der Waals surface area contributed by atoms with Gasteiger partial charge >= 0.3 is 0 Å². The quantitative estimate of drug-likeness (QED) is 0.628. The summed E-state index contributed by atoms with van der Waals surface area (Å²) in [6.07, 6.45) is 3.11. The zero-order valence-electron chi connectivity index (χ0n) is 19.3. The number of ether oxygens (including phenoxy) is 1. The van der Waals surface area contributed by atoms with Gasteiger partial charge in [0.05, 0.1) is 28.2 Å². The van der Waals surface area contributed by atoms with Crippen molar-refractivity contribution in [3.63, 3.8) is 0 Å². The number of amides is 2. The molecule has 0 aliphatic carbocycles. The van der Waals surface area contributed by atoms with Gasteiger partial charge in [0.1, 0.15) is 0 Å². The van der Waals surface area contributed by atoms with Gasteiger partial charge in [0.2, 0.25) is 15.9 Å². The highest BCUT2D eigenvalue weighted by molar-refractivity contribution is 7.89. The maximum absolute atomic E-state index is 13.1. The molecule has 0 radical (unpaired) electrons. The summed E-state index contributed by atoms with van der Waals surface area (Å²) in [7, 11) is -3.68. The fraction of sp³-hybridized carbons (Fsp3) is 0.440. The highest BCUT2D eigenvalue weighted by Crippen LogP contribution is 2.26. The van der Waals surface area contributed by atoms with Crippen LogP contribution in [0.4, 0.5) is 5.69 Å². The minimum Gasteiger partial charge on any atom is -0.376 e. The number of hydrogen-bond acceptors (Lipinski definition) is 5. The Bertz CT molecular complexity index is 1130. The van der Waals surface area contributed by atoms with Crippen LogP contribution in [0.3, 0.4) is 0 Å². The number of anilines is 1. The van der Waals surface area contributed by atoms with E-state index in [9.17, 15) is 18.0 Å². The molecule has 2 aliphatic rings. The van der Waals surface area contributed by atoms with Crippen molar-refractivity contribution >= 4 is 27.5 Å². The summed E-state index contributed by atoms with van der Waals surface area (Å²) in [5, 5.41) is 5.74. The van der Waals surface area contributed by atoms with E-state index in [1.807, 2.05) is 6.92 Å². The number of aryl methyl sites for hydroxylation is 1. The molecule has 0 bridgehead atoms. The van der Waals surface area contributed by atoms with E-state index in [0.717, 1.165) is 18.4 Å². The smallest absolute Gasteiger partial charge is 0.253 e. The number of para-hydroxylation sites is 1. The van der Waals surface area contributed by atoms with Crippen LogP contribution in [-0.2, 0) is 19.6 Å². The average molecular weight is 486 g/mol. The first-order valence-electron chi connectivity index (χ1n) is 11.7. The van der Waals surface area contributed by atoms with Crippen molar-refractivity contribution in [2.75, 3.05) is 31.6 Å². The summed E-state index contributed by atoms with van der Waals surface area (Å²) in [5.41, 5.74) is 1.76. The number of carbonyl (C=O) groups is 2. The van der Waals surface area contributed by atoms with E-state index >= 15 is 0 Å². The summed E-state index contributed by atoms with van der Waals surface area (Å²) < 4.78 is 33.1. The van der Waals surface area contributed by atoms with Gasteiger partial charge in [-0.25, -0.2) is 8.42 Å². The number of rotatable bonds is 7. The van der Waals surface area contributed by atoms with Gasteiger partial charge in [-0.15, -0.1) is 0 Å². The van der Waals surface area contributed by atoms with Gasteiger partial charge < -0.3 is 15.4 Å². The number of benzene rings is 2. The molecule has 2 fully saturated rings. The van der Waals surface area contributed by atoms with Gasteiger partial charge in [0.25, 0.3) is 5.91 Å². The third-order valence-corrected chi connectivity index (χ3v) is 8.24. The second-order valence-corrected chi connectivity index (χ2v) is 10.8. The Morgan fingerprint density at radius 3 is 2.56 bits per heavy atom. The second kappa shape index (κ2) is 10.7. The first kappa shape index (κ1) is 24.4. The van der Waals surface area contributed by atoms with Crippen LogP contribution < -0.4 is 10.6 Å². The lowest BCUT2D eigenvalue weighted by Gasteiger charge is -2.31. The number of nitrogens with one attached hydrogen (secondary N) is 2. The van der Waals surface area contributed by atoms with Gasteiger partial charge in [-0.2, -0.15) is 4.31 Å². The van der Waals surface area contributed by atoms with Crippen LogP contribution >= 0.6 is 0 Å². The number of sulfonamides is 1. The van der Waals surface area contributed by atoms with Crippen LogP contribution in [0.25, 0.3) is 0 Å². The molecule has 2 saturated heterocycles. The topological polar surface area (TPSA) is 105 Å². The lowest BCUT2D eigenvalue weighted by Crippen LogP contribution is -2.43. The normalized spacial score (nSPS) is 21.2. The van der Waals surface area contributed by atoms with Gasteiger partial charge in [-0.1, -0.05) is 29.8 Å². The minimum atomic E-state index is -3.68. The van der Waals surface area contributed by atoms with E-state index in [1.165, 1.54) is 4.31 Å². The molecular formula is C25H31N3O5S. The van der Waals surface area contributed by atoms with Crippen molar-refractivity contribution in [3.8, 4) is 0 Å². The fourth-order valence-electron chi connectivity index (χ4n) is 4.37. The van der Waals surface area contributed by atoms with Crippen molar-refractivity contribution < 1.29 is 22.7 Å². The van der Waals surface area contributed by atoms with E-state index in [0.29, 0.717) is 43.8 Å². The number of nitrogens with zero attached hydrogens (tertiary/aromatic N) is 1. The van der Waals surface area contributed by atoms with Crippen molar-refractivity contribution in [2.45, 2.75) is 43.6 Å². The van der Waals surface area contributed by atoms with Crippen LogP contribution in [0.15, 0.2) is 53.4 Å². The predicted octanol–water partition coefficient (Wildman–Crippen LogP) is 2.94. The van der Waals surface area contributed by atoms with E-state index < -0.39 is 15.9 Å². The molecule has 8 nitrogen and oxygen atoms in total. The Kier molecular flexibility index (Phi) is 7.65. The first-order valence-corrected chi connectivity index (χ1v) is 13.1. The Hall–Kier alpha value is -2.75. The molecule has 2 N–H and O–H groups in total. The summed E-state index contributed by atoms with van der Waals surface area (Å²) in [5.74, 6) is -1.07. The monoisotopic (exact) mass is 485 g/mol. The highest BCUT2D eigenvalue weighted by Gasteiger charge is 2.33. The maximum Gasteiger partial charge on any atom is 0.253 e. The Morgan fingerprint density at radius 1 is 1.06 bits per heavy atom. The van der Waals surface area contributed by atoms with Crippen molar-refractivity contribution in [1.29, 1.82) is 0 Å². The lowest BCUT2D eigenvalue weighted by molar-refractivity contribution is -0.120. The molecule has 2 atom stereocenters. The standard InChI is InChI=1S/C25H31N3O5S/c1-18-10-12-21(13-11-18)34(31,32)28-14-4-6-19(17-28)24(29)27-23-9-3-2-8-22(23)25(30)26-16-20-7-5-15-33-20/h2-3,8-13,19-20H,4-7,14-17H2,1H3,(H,26,30)(H,27,29)/t19-,20-/m0/s1. The van der Waals surface area contributed by atoms with Crippen molar-refractivity contribution in [3.05, 3.63) is 59.7 Å². The molecule has 182 valence electrons. The van der Waals surface area contributed by atoms with Gasteiger partial charge in [0.15, 0.2) is 0 Å². The van der Waals surface area contributed by atoms with Crippen LogP contribution in [-0.4, -0.2) is 56.9 Å². The Morgan fingerprint density at radius 2 is 1.82 bits per heavy atom. The molecule has 0 spiro atoms. The van der Waals surface area contributed by atoms with Crippen molar-refractivity contribution in [2.24, 2.45) is 5.92 Å². The van der Waals surface area contributed by atoms with E-state index in [2.05, 4.69) is 10.6 Å². The molecule has 2 aromatic carbocycles. The molecule has 4 rings (SSSR count). The van der Waals surface area contributed by atoms with E-state index in [-0.39, 0.29) is 29.4 Å². The van der Waals surface area contributed by atoms with Crippen LogP contribution in [0.2, 0.25) is 0 Å². The third-order valence-electron chi connectivity index (χ3n) is 6.36. The molecule has 0 saturated carbocycles. The molecular weight excluding hydrogens is 454 g/mol. The number of hydrogen-bond donors (Lipinski definition) is 2. The SMILES string of the molecule is Cc1ccc(S(=O)(=O)N2CCC[C@H](C(=O)Nc3ccccc3C(=O)NC[C@@H]3CCCO3)C2)cc1. The van der Waals surface area contributed by atoms with Crippen molar-refractivity contribution in [1.82, 2.24) is 9.62 Å². The molecule has 34 heavy (non-hydrogen) atoms. The molecule has 2 heterocycles. The van der Waals surface area contributed by atoms with Gasteiger partial charge in [-0.05, 0) is 56.9 Å². The molecule has 2 amide bonds. The first-order chi connectivity index (χ1) is 16.3. The zero-order chi connectivity index (χ0) is 24.1. The summed E-state index contributed by atoms with van der Waals surface area (Å²) in [6.45, 7) is 3.52. The van der Waals surface area contributed by atoms with E-state index in [4.69, 9.17) is 4.74 Å². The highest BCUT2D eigenvalue weighted by atomic mass is 32.2. The van der Waals surface area contributed by atoms with Crippen LogP contribution in [0, 0.1) is 12.8 Å². The average Bonchev–Trinajstić information content (AvgIpc) is 3.37. The lowest BCUT2D eigenvalue weighted by atomic mass is 9.98. The predicted molar refractivity (Wildman–Crippen MR) is 129 cm³/mol. The van der Waals surface area contributed by atoms with Crippen LogP contribution in [0.5, 0.6) is 0 Å². The molecule has 0 aromatic heterocycles. The largest absolute Gasteiger partial charge is 0.376 e. The number of carbonyl (C=O) groups excluding carboxylic acids is 2. The summed E-state index contributed by atoms with van der Waals surface area (Å²) in [4.78, 5) is 26.0. The zero-order valence-corrected chi connectivity index (χ0v) is 20.1.